The largest absolute Gasteiger partial charge is 0.444 e. The van der Waals surface area contributed by atoms with Crippen LogP contribution in [0.5, 0.6) is 0 Å². The summed E-state index contributed by atoms with van der Waals surface area (Å²) in [6.45, 7) is 15.4. The van der Waals surface area contributed by atoms with Crippen LogP contribution in [0.15, 0.2) is 23.4 Å². The first kappa shape index (κ1) is 30.2. The average Bonchev–Trinajstić information content (AvgIpc) is 2.91. The number of urea groups is 1. The topological polar surface area (TPSA) is 103 Å². The van der Waals surface area contributed by atoms with Crippen LogP contribution >= 0.6 is 0 Å². The van der Waals surface area contributed by atoms with Crippen LogP contribution in [0.1, 0.15) is 87.5 Å². The minimum absolute atomic E-state index is 0.182. The van der Waals surface area contributed by atoms with Crippen LogP contribution in [0.25, 0.3) is 0 Å². The Bertz CT molecular complexity index is 789. The van der Waals surface area contributed by atoms with Crippen LogP contribution in [0.2, 0.25) is 0 Å². The molecular weight excluding hydrogens is 420 g/mol. The van der Waals surface area contributed by atoms with E-state index in [0.717, 1.165) is 11.3 Å². The van der Waals surface area contributed by atoms with Crippen molar-refractivity contribution in [2.45, 2.75) is 98.6 Å². The van der Waals surface area contributed by atoms with Gasteiger partial charge in [0.25, 0.3) is 5.91 Å². The fourth-order valence-corrected chi connectivity index (χ4v) is 3.39. The van der Waals surface area contributed by atoms with Gasteiger partial charge >= 0.3 is 12.1 Å². The molecule has 1 heterocycles. The number of rotatable bonds is 4. The number of likely N-dealkylation sites (N-methyl/N-ethyl adjacent to an activating group) is 1. The van der Waals surface area contributed by atoms with E-state index < -0.39 is 23.3 Å². The third kappa shape index (κ3) is 8.56. The molecule has 0 radical (unpaired) electrons. The maximum atomic E-state index is 12.8. The first-order valence-electron chi connectivity index (χ1n) is 11.8. The Morgan fingerprint density at radius 2 is 1.79 bits per heavy atom. The van der Waals surface area contributed by atoms with Crippen LogP contribution in [0, 0.1) is 11.3 Å². The maximum absolute atomic E-state index is 12.8. The van der Waals surface area contributed by atoms with Crippen LogP contribution < -0.4 is 5.32 Å². The minimum Gasteiger partial charge on any atom is -0.444 e. The molecule has 2 aliphatic rings. The lowest BCUT2D eigenvalue weighted by molar-refractivity contribution is -0.131. The van der Waals surface area contributed by atoms with E-state index in [0.29, 0.717) is 24.1 Å². The van der Waals surface area contributed by atoms with E-state index in [1.807, 2.05) is 13.8 Å². The van der Waals surface area contributed by atoms with E-state index in [2.05, 4.69) is 25.2 Å². The van der Waals surface area contributed by atoms with Crippen LogP contribution in [-0.2, 0) is 9.53 Å². The number of allylic oxidation sites excluding steroid dienone is 4. The van der Waals surface area contributed by atoms with Gasteiger partial charge in [-0.05, 0) is 65.5 Å². The van der Waals surface area contributed by atoms with E-state index in [4.69, 9.17) is 10.00 Å². The van der Waals surface area contributed by atoms with Gasteiger partial charge in [0.05, 0.1) is 6.07 Å². The van der Waals surface area contributed by atoms with Gasteiger partial charge in [0.15, 0.2) is 0 Å². The Balaban J connectivity index is 0.00000189. The lowest BCUT2D eigenvalue weighted by atomic mass is 9.94. The van der Waals surface area contributed by atoms with Gasteiger partial charge < -0.3 is 10.1 Å². The van der Waals surface area contributed by atoms with E-state index in [-0.39, 0.29) is 18.9 Å². The molecule has 8 heteroatoms. The summed E-state index contributed by atoms with van der Waals surface area (Å²) in [7, 11) is 1.46. The molecule has 1 fully saturated rings. The number of amides is 4. The highest BCUT2D eigenvalue weighted by atomic mass is 16.6. The number of nitrogens with one attached hydrogen (secondary N) is 1. The summed E-state index contributed by atoms with van der Waals surface area (Å²) in [5.74, 6) is -0.321. The third-order valence-corrected chi connectivity index (χ3v) is 4.80. The summed E-state index contributed by atoms with van der Waals surface area (Å²) >= 11 is 0. The molecule has 0 bridgehead atoms. The summed E-state index contributed by atoms with van der Waals surface area (Å²) in [4.78, 5) is 40.1. The number of carbonyl (C=O) groups excluding carboxylic acids is 3. The lowest BCUT2D eigenvalue weighted by Gasteiger charge is -2.33. The Morgan fingerprint density at radius 3 is 2.30 bits per heavy atom. The lowest BCUT2D eigenvalue weighted by Crippen LogP contribution is -2.49. The smallest absolute Gasteiger partial charge is 0.407 e. The number of imide groups is 1. The molecule has 0 aromatic heterocycles. The molecule has 8 nitrogen and oxygen atoms in total. The molecule has 0 aromatic rings. The number of ether oxygens (including phenoxy) is 1. The van der Waals surface area contributed by atoms with Crippen LogP contribution in [0.3, 0.4) is 0 Å². The predicted octanol–water partition coefficient (Wildman–Crippen LogP) is 5.51. The van der Waals surface area contributed by atoms with E-state index in [1.54, 1.807) is 39.8 Å². The molecule has 1 atom stereocenters. The molecule has 4 amide bonds. The maximum Gasteiger partial charge on any atom is 0.407 e. The fourth-order valence-electron chi connectivity index (χ4n) is 3.39. The summed E-state index contributed by atoms with van der Waals surface area (Å²) in [5.41, 5.74) is -0.380. The minimum atomic E-state index is -1.11. The molecule has 1 N–H and O–H groups in total. The second-order valence-electron chi connectivity index (χ2n) is 8.96. The molecule has 0 aromatic carbocycles. The SMILES string of the molecule is CC.CCC.CN1C(=O)N(C2=CC=C(C#N)CCC2)C(C)(CCNC(=O)OC(C)(C)C)C1=O. The molecule has 33 heavy (non-hydrogen) atoms. The van der Waals surface area contributed by atoms with Crippen molar-refractivity contribution in [3.8, 4) is 6.07 Å². The third-order valence-electron chi connectivity index (χ3n) is 4.80. The van der Waals surface area contributed by atoms with Crippen molar-refractivity contribution in [2.24, 2.45) is 0 Å². The van der Waals surface area contributed by atoms with Crippen molar-refractivity contribution in [3.63, 3.8) is 0 Å². The van der Waals surface area contributed by atoms with Gasteiger partial charge in [-0.25, -0.2) is 9.59 Å². The molecular formula is C25H42N4O4. The van der Waals surface area contributed by atoms with Gasteiger partial charge in [-0.15, -0.1) is 0 Å². The molecule has 1 aliphatic heterocycles. The summed E-state index contributed by atoms with van der Waals surface area (Å²) in [5, 5.41) is 11.8. The molecule has 186 valence electrons. The highest BCUT2D eigenvalue weighted by molar-refractivity contribution is 6.07. The zero-order valence-corrected chi connectivity index (χ0v) is 21.9. The average molecular weight is 463 g/mol. The van der Waals surface area contributed by atoms with Crippen molar-refractivity contribution in [1.82, 2.24) is 15.1 Å². The molecule has 0 saturated carbocycles. The summed E-state index contributed by atoms with van der Waals surface area (Å²) in [6, 6.07) is 1.75. The van der Waals surface area contributed by atoms with Gasteiger partial charge in [-0.1, -0.05) is 34.1 Å². The van der Waals surface area contributed by atoms with Gasteiger partial charge in [0, 0.05) is 24.9 Å². The number of alkyl carbamates (subject to hydrolysis) is 1. The number of carbonyl (C=O) groups is 3. The second kappa shape index (κ2) is 13.7. The number of hydrogen-bond donors (Lipinski definition) is 1. The summed E-state index contributed by atoms with van der Waals surface area (Å²) < 4.78 is 5.21. The highest BCUT2D eigenvalue weighted by Crippen LogP contribution is 2.36. The van der Waals surface area contributed by atoms with Crippen LogP contribution in [0.4, 0.5) is 9.59 Å². The van der Waals surface area contributed by atoms with Gasteiger partial charge in [-0.2, -0.15) is 5.26 Å². The summed E-state index contributed by atoms with van der Waals surface area (Å²) in [6.07, 6.45) is 6.32. The van der Waals surface area contributed by atoms with Crippen molar-refractivity contribution < 1.29 is 19.1 Å². The van der Waals surface area contributed by atoms with Crippen LogP contribution in [-0.4, -0.2) is 52.6 Å². The van der Waals surface area contributed by atoms with Gasteiger partial charge in [0.1, 0.15) is 11.1 Å². The zero-order valence-electron chi connectivity index (χ0n) is 21.9. The Morgan fingerprint density at radius 1 is 1.21 bits per heavy atom. The second-order valence-corrected chi connectivity index (χ2v) is 8.96. The molecule has 1 saturated heterocycles. The van der Waals surface area contributed by atoms with E-state index in [9.17, 15) is 14.4 Å². The molecule has 2 rings (SSSR count). The monoisotopic (exact) mass is 462 g/mol. The van der Waals surface area contributed by atoms with Crippen molar-refractivity contribution in [2.75, 3.05) is 13.6 Å². The Hall–Kier alpha value is -2.82. The number of nitriles is 1. The zero-order chi connectivity index (χ0) is 25.8. The van der Waals surface area contributed by atoms with Gasteiger partial charge in [-0.3, -0.25) is 14.6 Å². The predicted molar refractivity (Wildman–Crippen MR) is 130 cm³/mol. The quantitative estimate of drug-likeness (QED) is 0.555. The number of hydrogen-bond acceptors (Lipinski definition) is 5. The molecule has 1 aliphatic carbocycles. The fraction of sp³-hybridized carbons (Fsp3) is 0.680. The van der Waals surface area contributed by atoms with Gasteiger partial charge in [0.2, 0.25) is 0 Å². The first-order valence-corrected chi connectivity index (χ1v) is 11.8. The van der Waals surface area contributed by atoms with Crippen molar-refractivity contribution in [1.29, 1.82) is 5.26 Å². The Kier molecular flexibility index (Phi) is 12.5. The first-order chi connectivity index (χ1) is 15.4. The van der Waals surface area contributed by atoms with Crippen molar-refractivity contribution >= 4 is 18.0 Å². The van der Waals surface area contributed by atoms with E-state index >= 15 is 0 Å². The van der Waals surface area contributed by atoms with Crippen molar-refractivity contribution in [3.05, 3.63) is 23.4 Å². The standard InChI is InChI=1S/C20H28N4O4.C3H8.C2H6/c1-19(2,3)28-17(26)22-12-11-20(4)16(25)23(5)18(27)24(20)15-8-6-7-14(13-21)9-10-15;1-3-2;1-2/h9-10H,6-8,11-12H2,1-5H3,(H,22,26);3H2,1-2H3;1-2H3. The Labute approximate surface area is 199 Å². The molecule has 0 spiro atoms. The normalized spacial score (nSPS) is 20.2. The highest BCUT2D eigenvalue weighted by Gasteiger charge is 2.53. The number of nitrogens with zero attached hydrogens (tertiary/aromatic N) is 3. The van der Waals surface area contributed by atoms with E-state index in [1.165, 1.54) is 18.4 Å². The molecule has 1 unspecified atom stereocenters.